The van der Waals surface area contributed by atoms with E-state index in [1.165, 1.54) is 12.8 Å². The maximum Gasteiger partial charge on any atom is 0.234 e. The number of thiazole rings is 1. The number of carbonyl (C=O) groups excluding carboxylic acids is 1. The highest BCUT2D eigenvalue weighted by molar-refractivity contribution is 7.13. The Morgan fingerprint density at radius 3 is 2.59 bits per heavy atom. The molecule has 1 aromatic heterocycles. The van der Waals surface area contributed by atoms with Crippen molar-refractivity contribution >= 4 is 34.0 Å². The zero-order valence-electron chi connectivity index (χ0n) is 16.6. The van der Waals surface area contributed by atoms with Crippen LogP contribution in [0.3, 0.4) is 0 Å². The molecular formula is C21H28ClN5OS. The molecule has 3 heterocycles. The van der Waals surface area contributed by atoms with Gasteiger partial charge in [-0.05, 0) is 37.6 Å². The first-order chi connectivity index (χ1) is 14.2. The fraction of sp³-hybridized carbons (Fsp3) is 0.524. The lowest BCUT2D eigenvalue weighted by Gasteiger charge is -2.34. The summed E-state index contributed by atoms with van der Waals surface area (Å²) in [4.78, 5) is 24.0. The summed E-state index contributed by atoms with van der Waals surface area (Å²) < 4.78 is 0. The Bertz CT molecular complexity index is 788. The van der Waals surface area contributed by atoms with E-state index in [9.17, 15) is 4.79 Å². The van der Waals surface area contributed by atoms with Gasteiger partial charge in [-0.3, -0.25) is 14.6 Å². The van der Waals surface area contributed by atoms with Gasteiger partial charge in [0.1, 0.15) is 0 Å². The Morgan fingerprint density at radius 2 is 1.90 bits per heavy atom. The Labute approximate surface area is 181 Å². The van der Waals surface area contributed by atoms with E-state index >= 15 is 0 Å². The molecule has 1 N–H and O–H groups in total. The second-order valence-electron chi connectivity index (χ2n) is 7.66. The van der Waals surface area contributed by atoms with Crippen molar-refractivity contribution in [3.8, 4) is 0 Å². The number of piperazine rings is 1. The zero-order valence-corrected chi connectivity index (χ0v) is 18.2. The Hall–Kier alpha value is -1.67. The lowest BCUT2D eigenvalue weighted by Crippen LogP contribution is -2.50. The third-order valence-corrected chi connectivity index (χ3v) is 6.94. The van der Waals surface area contributed by atoms with Crippen molar-refractivity contribution in [3.05, 3.63) is 46.4 Å². The Kier molecular flexibility index (Phi) is 7.02. The first kappa shape index (κ1) is 20.6. The van der Waals surface area contributed by atoms with E-state index in [0.717, 1.165) is 55.0 Å². The van der Waals surface area contributed by atoms with Gasteiger partial charge < -0.3 is 10.2 Å². The van der Waals surface area contributed by atoms with Gasteiger partial charge in [-0.1, -0.05) is 29.8 Å². The Morgan fingerprint density at radius 1 is 1.14 bits per heavy atom. The van der Waals surface area contributed by atoms with E-state index in [0.29, 0.717) is 13.1 Å². The van der Waals surface area contributed by atoms with Gasteiger partial charge in [-0.15, -0.1) is 11.3 Å². The van der Waals surface area contributed by atoms with E-state index in [-0.39, 0.29) is 11.9 Å². The molecule has 6 nitrogen and oxygen atoms in total. The fourth-order valence-corrected chi connectivity index (χ4v) is 5.13. The van der Waals surface area contributed by atoms with E-state index in [1.807, 2.05) is 29.8 Å². The van der Waals surface area contributed by atoms with Gasteiger partial charge in [-0.25, -0.2) is 4.98 Å². The average molecular weight is 434 g/mol. The second-order valence-corrected chi connectivity index (χ2v) is 8.94. The molecule has 0 saturated carbocycles. The Balaban J connectivity index is 1.29. The number of benzene rings is 1. The normalized spacial score (nSPS) is 19.4. The van der Waals surface area contributed by atoms with E-state index in [4.69, 9.17) is 11.6 Å². The summed E-state index contributed by atoms with van der Waals surface area (Å²) in [6.45, 7) is 6.76. The van der Waals surface area contributed by atoms with Crippen LogP contribution in [0.25, 0.3) is 0 Å². The molecular weight excluding hydrogens is 406 g/mol. The molecule has 0 aliphatic carbocycles. The van der Waals surface area contributed by atoms with E-state index in [1.54, 1.807) is 11.3 Å². The minimum atomic E-state index is 0.0870. The summed E-state index contributed by atoms with van der Waals surface area (Å²) in [5.74, 6) is 0.0870. The van der Waals surface area contributed by atoms with Gasteiger partial charge in [0.2, 0.25) is 5.91 Å². The molecule has 156 valence electrons. The van der Waals surface area contributed by atoms with Gasteiger partial charge in [0.25, 0.3) is 0 Å². The summed E-state index contributed by atoms with van der Waals surface area (Å²) in [5, 5.41) is 7.02. The van der Waals surface area contributed by atoms with E-state index < -0.39 is 0 Å². The van der Waals surface area contributed by atoms with Crippen molar-refractivity contribution in [3.63, 3.8) is 0 Å². The molecule has 1 aromatic carbocycles. The van der Waals surface area contributed by atoms with Crippen molar-refractivity contribution in [1.82, 2.24) is 20.1 Å². The van der Waals surface area contributed by atoms with Gasteiger partial charge >= 0.3 is 0 Å². The van der Waals surface area contributed by atoms with Crippen LogP contribution in [0.2, 0.25) is 5.02 Å². The van der Waals surface area contributed by atoms with Crippen molar-refractivity contribution in [2.24, 2.45) is 0 Å². The lowest BCUT2D eigenvalue weighted by molar-refractivity contribution is -0.122. The molecule has 0 unspecified atom stereocenters. The first-order valence-electron chi connectivity index (χ1n) is 10.3. The largest absolute Gasteiger partial charge is 0.353 e. The number of hydrogen-bond donors (Lipinski definition) is 1. The molecule has 2 aromatic rings. The third kappa shape index (κ3) is 5.28. The number of nitrogens with one attached hydrogen (secondary N) is 1. The lowest BCUT2D eigenvalue weighted by atomic mass is 10.1. The number of nitrogens with zero attached hydrogens (tertiary/aromatic N) is 4. The predicted octanol–water partition coefficient (Wildman–Crippen LogP) is 2.87. The number of aromatic nitrogens is 1. The molecule has 2 fully saturated rings. The highest BCUT2D eigenvalue weighted by Gasteiger charge is 2.26. The maximum absolute atomic E-state index is 12.6. The van der Waals surface area contributed by atoms with Crippen LogP contribution in [0.4, 0.5) is 5.13 Å². The quantitative estimate of drug-likeness (QED) is 0.727. The molecule has 2 aliphatic rings. The second kappa shape index (κ2) is 9.89. The molecule has 1 atom stereocenters. The predicted molar refractivity (Wildman–Crippen MR) is 119 cm³/mol. The number of halogens is 1. The summed E-state index contributed by atoms with van der Waals surface area (Å²) in [6.07, 6.45) is 4.26. The molecule has 29 heavy (non-hydrogen) atoms. The van der Waals surface area contributed by atoms with Crippen molar-refractivity contribution < 1.29 is 4.79 Å². The average Bonchev–Trinajstić information content (AvgIpc) is 3.44. The molecule has 8 heteroatoms. The summed E-state index contributed by atoms with van der Waals surface area (Å²) in [7, 11) is 0. The van der Waals surface area contributed by atoms with Crippen LogP contribution in [0, 0.1) is 0 Å². The first-order valence-corrected chi connectivity index (χ1v) is 11.6. The summed E-state index contributed by atoms with van der Waals surface area (Å²) in [5.41, 5.74) is 1.11. The number of anilines is 1. The van der Waals surface area contributed by atoms with Crippen molar-refractivity contribution in [2.75, 3.05) is 57.3 Å². The smallest absolute Gasteiger partial charge is 0.234 e. The molecule has 1 amide bonds. The molecule has 0 radical (unpaired) electrons. The van der Waals surface area contributed by atoms with Crippen LogP contribution in [-0.4, -0.2) is 73.0 Å². The van der Waals surface area contributed by atoms with Crippen LogP contribution in [-0.2, 0) is 4.79 Å². The van der Waals surface area contributed by atoms with Gasteiger partial charge in [0, 0.05) is 49.3 Å². The van der Waals surface area contributed by atoms with Crippen LogP contribution < -0.4 is 10.2 Å². The van der Waals surface area contributed by atoms with Gasteiger partial charge in [0.05, 0.1) is 12.6 Å². The topological polar surface area (TPSA) is 51.7 Å². The van der Waals surface area contributed by atoms with Crippen molar-refractivity contribution in [2.45, 2.75) is 18.9 Å². The molecule has 4 rings (SSSR count). The highest BCUT2D eigenvalue weighted by atomic mass is 35.5. The van der Waals surface area contributed by atoms with Crippen LogP contribution in [0.5, 0.6) is 0 Å². The van der Waals surface area contributed by atoms with Gasteiger partial charge in [0.15, 0.2) is 5.13 Å². The van der Waals surface area contributed by atoms with Crippen LogP contribution in [0.1, 0.15) is 24.4 Å². The SMILES string of the molecule is O=C(CN1CCN(c2nccs2)CC1)NC[C@H](c1ccccc1Cl)N1CCCC1. The molecule has 2 aliphatic heterocycles. The number of likely N-dealkylation sites (tertiary alicyclic amines) is 1. The van der Waals surface area contributed by atoms with Gasteiger partial charge in [-0.2, -0.15) is 0 Å². The minimum Gasteiger partial charge on any atom is -0.353 e. The molecule has 0 spiro atoms. The van der Waals surface area contributed by atoms with Crippen LogP contribution >= 0.6 is 22.9 Å². The maximum atomic E-state index is 12.6. The molecule has 2 saturated heterocycles. The monoisotopic (exact) mass is 433 g/mol. The standard InChI is InChI=1S/C21H28ClN5OS/c22-18-6-2-1-5-17(18)19(26-8-3-4-9-26)15-24-20(28)16-25-10-12-27(13-11-25)21-23-7-14-29-21/h1-2,5-7,14,19H,3-4,8-13,15-16H2,(H,24,28)/t19-/m1/s1. The number of amides is 1. The third-order valence-electron chi connectivity index (χ3n) is 5.77. The highest BCUT2D eigenvalue weighted by Crippen LogP contribution is 2.29. The number of carbonyl (C=O) groups is 1. The molecule has 0 bridgehead atoms. The number of hydrogen-bond acceptors (Lipinski definition) is 6. The minimum absolute atomic E-state index is 0.0870. The van der Waals surface area contributed by atoms with E-state index in [2.05, 4.69) is 31.1 Å². The van der Waals surface area contributed by atoms with Crippen molar-refractivity contribution in [1.29, 1.82) is 0 Å². The fourth-order valence-electron chi connectivity index (χ4n) is 4.17. The van der Waals surface area contributed by atoms with Crippen LogP contribution in [0.15, 0.2) is 35.8 Å². The summed E-state index contributed by atoms with van der Waals surface area (Å²) >= 11 is 8.14. The zero-order chi connectivity index (χ0) is 20.1. The number of rotatable bonds is 7. The summed E-state index contributed by atoms with van der Waals surface area (Å²) in [6, 6.07) is 8.13.